The topological polar surface area (TPSA) is 70.8 Å². The summed E-state index contributed by atoms with van der Waals surface area (Å²) in [7, 11) is 5.64. The molecule has 1 unspecified atom stereocenters. The molecule has 1 saturated heterocycles. The van der Waals surface area contributed by atoms with E-state index in [-0.39, 0.29) is 17.6 Å². The van der Waals surface area contributed by atoms with Gasteiger partial charge in [-0.3, -0.25) is 4.79 Å². The van der Waals surface area contributed by atoms with Gasteiger partial charge in [-0.1, -0.05) is 0 Å². The number of amides is 1. The van der Waals surface area contributed by atoms with Gasteiger partial charge in [0.05, 0.1) is 12.7 Å². The number of likely N-dealkylation sites (tertiary alicyclic amines) is 1. The molecule has 1 aromatic heterocycles. The smallest absolute Gasteiger partial charge is 0.257 e. The van der Waals surface area contributed by atoms with Crippen LogP contribution in [0.5, 0.6) is 11.5 Å². The van der Waals surface area contributed by atoms with Crippen LogP contribution < -0.4 is 4.74 Å². The van der Waals surface area contributed by atoms with Crippen molar-refractivity contribution >= 4 is 5.91 Å². The molecule has 27 heavy (non-hydrogen) atoms. The fourth-order valence-corrected chi connectivity index (χ4v) is 3.54. The van der Waals surface area contributed by atoms with Gasteiger partial charge in [-0.2, -0.15) is 0 Å². The number of methoxy groups -OCH3 is 1. The van der Waals surface area contributed by atoms with Gasteiger partial charge in [0.2, 0.25) is 0 Å². The molecule has 1 aliphatic rings. The van der Waals surface area contributed by atoms with E-state index in [0.29, 0.717) is 24.4 Å². The normalized spacial score (nSPS) is 17.3. The molecule has 1 aliphatic heterocycles. The predicted molar refractivity (Wildman–Crippen MR) is 103 cm³/mol. The standard InChI is InChI=1S/C20H28N4O3/c1-22(2)11-12-23-10-8-21-19(23)15-5-4-9-24(14-15)20(26)17-7-6-16(27-3)13-18(17)25/h6-8,10,13,15,25H,4-5,9,11-12,14H2,1-3H3. The van der Waals surface area contributed by atoms with Crippen LogP contribution in [0.25, 0.3) is 0 Å². The van der Waals surface area contributed by atoms with Crippen LogP contribution in [0.2, 0.25) is 0 Å². The van der Waals surface area contributed by atoms with E-state index >= 15 is 0 Å². The van der Waals surface area contributed by atoms with Crippen molar-refractivity contribution in [2.24, 2.45) is 0 Å². The number of carbonyl (C=O) groups is 1. The quantitative estimate of drug-likeness (QED) is 0.842. The Morgan fingerprint density at radius 1 is 1.41 bits per heavy atom. The van der Waals surface area contributed by atoms with E-state index in [1.165, 1.54) is 13.2 Å². The summed E-state index contributed by atoms with van der Waals surface area (Å²) >= 11 is 0. The molecule has 1 aromatic carbocycles. The summed E-state index contributed by atoms with van der Waals surface area (Å²) in [6.45, 7) is 3.13. The molecule has 1 amide bonds. The van der Waals surface area contributed by atoms with Crippen molar-refractivity contribution in [1.82, 2.24) is 19.4 Å². The number of nitrogens with zero attached hydrogens (tertiary/aromatic N) is 4. The summed E-state index contributed by atoms with van der Waals surface area (Å²) in [4.78, 5) is 21.5. The lowest BCUT2D eigenvalue weighted by Gasteiger charge is -2.33. The van der Waals surface area contributed by atoms with Gasteiger partial charge in [-0.25, -0.2) is 4.98 Å². The minimum Gasteiger partial charge on any atom is -0.507 e. The van der Waals surface area contributed by atoms with Crippen LogP contribution in [-0.4, -0.2) is 71.2 Å². The van der Waals surface area contributed by atoms with Crippen LogP contribution in [0.1, 0.15) is 34.9 Å². The van der Waals surface area contributed by atoms with Crippen LogP contribution in [0, 0.1) is 0 Å². The Hall–Kier alpha value is -2.54. The molecule has 0 radical (unpaired) electrons. The lowest BCUT2D eigenvalue weighted by molar-refractivity contribution is 0.0700. The number of phenols is 1. The molecule has 3 rings (SSSR count). The summed E-state index contributed by atoms with van der Waals surface area (Å²) < 4.78 is 7.28. The second kappa shape index (κ2) is 8.43. The molecule has 0 spiro atoms. The number of likely N-dealkylation sites (N-methyl/N-ethyl adjacent to an activating group) is 1. The van der Waals surface area contributed by atoms with Crippen molar-refractivity contribution < 1.29 is 14.6 Å². The van der Waals surface area contributed by atoms with E-state index in [0.717, 1.165) is 31.8 Å². The van der Waals surface area contributed by atoms with Crippen molar-refractivity contribution in [2.75, 3.05) is 40.8 Å². The average molecular weight is 372 g/mol. The van der Waals surface area contributed by atoms with Crippen molar-refractivity contribution in [3.63, 3.8) is 0 Å². The monoisotopic (exact) mass is 372 g/mol. The van der Waals surface area contributed by atoms with Crippen LogP contribution in [0.4, 0.5) is 0 Å². The molecule has 0 saturated carbocycles. The van der Waals surface area contributed by atoms with Gasteiger partial charge in [-0.05, 0) is 39.1 Å². The number of rotatable bonds is 6. The summed E-state index contributed by atoms with van der Waals surface area (Å²) in [6.07, 6.45) is 5.78. The molecule has 0 bridgehead atoms. The van der Waals surface area contributed by atoms with Gasteiger partial charge in [0.15, 0.2) is 0 Å². The number of benzene rings is 1. The highest BCUT2D eigenvalue weighted by atomic mass is 16.5. The van der Waals surface area contributed by atoms with E-state index in [4.69, 9.17) is 4.74 Å². The van der Waals surface area contributed by atoms with E-state index in [1.54, 1.807) is 12.1 Å². The molecule has 1 fully saturated rings. The molecule has 7 heteroatoms. The first-order chi connectivity index (χ1) is 13.0. The van der Waals surface area contributed by atoms with Crippen molar-refractivity contribution in [2.45, 2.75) is 25.3 Å². The van der Waals surface area contributed by atoms with Gasteiger partial charge >= 0.3 is 0 Å². The van der Waals surface area contributed by atoms with E-state index in [9.17, 15) is 9.90 Å². The summed E-state index contributed by atoms with van der Waals surface area (Å²) in [5, 5.41) is 10.2. The van der Waals surface area contributed by atoms with Crippen LogP contribution in [0.15, 0.2) is 30.6 Å². The van der Waals surface area contributed by atoms with E-state index < -0.39 is 0 Å². The summed E-state index contributed by atoms with van der Waals surface area (Å²) in [6, 6.07) is 4.79. The van der Waals surface area contributed by atoms with Gasteiger partial charge in [0, 0.05) is 50.6 Å². The lowest BCUT2D eigenvalue weighted by atomic mass is 9.96. The highest BCUT2D eigenvalue weighted by molar-refractivity contribution is 5.97. The number of carbonyl (C=O) groups excluding carboxylic acids is 1. The molecule has 1 atom stereocenters. The maximum absolute atomic E-state index is 12.9. The van der Waals surface area contributed by atoms with Gasteiger partial charge in [0.25, 0.3) is 5.91 Å². The minimum absolute atomic E-state index is 0.0473. The maximum Gasteiger partial charge on any atom is 0.257 e. The number of piperidine rings is 1. The first kappa shape index (κ1) is 19.2. The second-order valence-corrected chi connectivity index (χ2v) is 7.26. The number of hydrogen-bond acceptors (Lipinski definition) is 5. The highest BCUT2D eigenvalue weighted by Crippen LogP contribution is 2.29. The minimum atomic E-state index is -0.147. The molecular formula is C20H28N4O3. The van der Waals surface area contributed by atoms with Crippen molar-refractivity contribution in [1.29, 1.82) is 0 Å². The van der Waals surface area contributed by atoms with Crippen LogP contribution in [0.3, 0.4) is 0 Å². The third kappa shape index (κ3) is 4.42. The number of aromatic hydroxyl groups is 1. The Morgan fingerprint density at radius 2 is 2.22 bits per heavy atom. The number of hydrogen-bond donors (Lipinski definition) is 1. The summed E-state index contributed by atoms with van der Waals surface area (Å²) in [5.41, 5.74) is 0.312. The first-order valence-corrected chi connectivity index (χ1v) is 9.31. The molecule has 7 nitrogen and oxygen atoms in total. The Kier molecular flexibility index (Phi) is 6.01. The number of ether oxygens (including phenoxy) is 1. The highest BCUT2D eigenvalue weighted by Gasteiger charge is 2.29. The fourth-order valence-electron chi connectivity index (χ4n) is 3.54. The second-order valence-electron chi connectivity index (χ2n) is 7.26. The molecule has 2 aromatic rings. The van der Waals surface area contributed by atoms with Crippen molar-refractivity contribution in [3.05, 3.63) is 42.0 Å². The third-order valence-corrected chi connectivity index (χ3v) is 5.04. The zero-order valence-electron chi connectivity index (χ0n) is 16.3. The lowest BCUT2D eigenvalue weighted by Crippen LogP contribution is -2.40. The average Bonchev–Trinajstić information content (AvgIpc) is 3.14. The Labute approximate surface area is 160 Å². The molecule has 2 heterocycles. The zero-order chi connectivity index (χ0) is 19.4. The zero-order valence-corrected chi connectivity index (χ0v) is 16.3. The Bertz CT molecular complexity index is 787. The van der Waals surface area contributed by atoms with Crippen LogP contribution in [-0.2, 0) is 6.54 Å². The number of aromatic nitrogens is 2. The number of imidazole rings is 1. The third-order valence-electron chi connectivity index (χ3n) is 5.04. The van der Waals surface area contributed by atoms with Crippen molar-refractivity contribution in [3.8, 4) is 11.5 Å². The fraction of sp³-hybridized carbons (Fsp3) is 0.500. The predicted octanol–water partition coefficient (Wildman–Crippen LogP) is 2.18. The first-order valence-electron chi connectivity index (χ1n) is 9.31. The summed E-state index contributed by atoms with van der Waals surface area (Å²) in [5.74, 6) is 1.58. The Balaban J connectivity index is 1.73. The van der Waals surface area contributed by atoms with E-state index in [1.807, 2.05) is 17.3 Å². The molecule has 146 valence electrons. The number of phenolic OH excluding ortho intramolecular Hbond substituents is 1. The molecule has 1 N–H and O–H groups in total. The van der Waals surface area contributed by atoms with E-state index in [2.05, 4.69) is 28.5 Å². The van der Waals surface area contributed by atoms with Crippen LogP contribution >= 0.6 is 0 Å². The maximum atomic E-state index is 12.9. The molecule has 0 aliphatic carbocycles. The molecular weight excluding hydrogens is 344 g/mol. The largest absolute Gasteiger partial charge is 0.507 e. The Morgan fingerprint density at radius 3 is 2.93 bits per heavy atom. The van der Waals surface area contributed by atoms with Gasteiger partial charge < -0.3 is 24.2 Å². The SMILES string of the molecule is COc1ccc(C(=O)N2CCCC(c3nccn3CCN(C)C)C2)c(O)c1. The van der Waals surface area contributed by atoms with Gasteiger partial charge in [0.1, 0.15) is 17.3 Å². The van der Waals surface area contributed by atoms with Gasteiger partial charge in [-0.15, -0.1) is 0 Å².